The average Bonchev–Trinajstić information content (AvgIpc) is 3.51. The molecule has 2 aromatic heterocycles. The van der Waals surface area contributed by atoms with E-state index in [2.05, 4.69) is 65.0 Å². The molecular weight excluding hydrogens is 455 g/mol. The Morgan fingerprint density at radius 3 is 2.89 bits per heavy atom. The highest BCUT2D eigenvalue weighted by molar-refractivity contribution is 5.71. The first-order chi connectivity index (χ1) is 17.4. The number of aliphatic hydroxyl groups is 1. The molecule has 0 bridgehead atoms. The Bertz CT molecular complexity index is 1190. The van der Waals surface area contributed by atoms with E-state index in [4.69, 9.17) is 4.98 Å². The summed E-state index contributed by atoms with van der Waals surface area (Å²) in [4.78, 5) is 13.4. The van der Waals surface area contributed by atoms with Gasteiger partial charge in [-0.2, -0.15) is 5.10 Å². The quantitative estimate of drug-likeness (QED) is 0.472. The summed E-state index contributed by atoms with van der Waals surface area (Å²) in [5, 5.41) is 17.7. The average molecular weight is 495 g/mol. The summed E-state index contributed by atoms with van der Waals surface area (Å²) in [7, 11) is 2.21. The molecule has 3 atom stereocenters. The van der Waals surface area contributed by atoms with E-state index in [9.17, 15) is 9.50 Å². The number of aromatic amines is 2. The second-order valence-electron chi connectivity index (χ2n) is 10.6. The van der Waals surface area contributed by atoms with E-state index in [-0.39, 0.29) is 24.0 Å². The maximum Gasteiger partial charge on any atom is 0.159 e. The van der Waals surface area contributed by atoms with Gasteiger partial charge in [0, 0.05) is 56.3 Å². The molecule has 0 saturated carbocycles. The molecule has 3 aliphatic rings. The molecule has 5 rings (SSSR count). The van der Waals surface area contributed by atoms with Gasteiger partial charge >= 0.3 is 0 Å². The van der Waals surface area contributed by atoms with Crippen molar-refractivity contribution in [2.45, 2.75) is 65.5 Å². The number of likely N-dealkylation sites (N-methyl/N-ethyl adjacent to an activating group) is 1. The Kier molecular flexibility index (Phi) is 7.17. The molecule has 0 spiro atoms. The SMILES string of the molecule is CCC1=CC(O)=C(F)CC1C1C=Cc2c(-c3nc4c([nH]3)CN(CCN(C)C(C)CC)CC4)n[nH]c2C1. The van der Waals surface area contributed by atoms with Gasteiger partial charge in [0.05, 0.1) is 11.4 Å². The zero-order chi connectivity index (χ0) is 25.4. The summed E-state index contributed by atoms with van der Waals surface area (Å²) in [6.45, 7) is 10.6. The van der Waals surface area contributed by atoms with Crippen LogP contribution in [-0.2, 0) is 19.4 Å². The lowest BCUT2D eigenvalue weighted by Gasteiger charge is -2.30. The monoisotopic (exact) mass is 494 g/mol. The molecule has 0 amide bonds. The lowest BCUT2D eigenvalue weighted by atomic mass is 9.75. The Labute approximate surface area is 213 Å². The molecule has 0 saturated heterocycles. The predicted molar refractivity (Wildman–Crippen MR) is 141 cm³/mol. The van der Waals surface area contributed by atoms with E-state index in [0.29, 0.717) is 6.04 Å². The van der Waals surface area contributed by atoms with Crippen LogP contribution in [0.3, 0.4) is 0 Å². The van der Waals surface area contributed by atoms with E-state index >= 15 is 0 Å². The zero-order valence-electron chi connectivity index (χ0n) is 21.9. The van der Waals surface area contributed by atoms with Crippen LogP contribution < -0.4 is 0 Å². The van der Waals surface area contributed by atoms with Gasteiger partial charge in [-0.05, 0) is 51.1 Å². The number of H-pyrrole nitrogens is 2. The molecule has 3 N–H and O–H groups in total. The highest BCUT2D eigenvalue weighted by Crippen LogP contribution is 2.41. The summed E-state index contributed by atoms with van der Waals surface area (Å²) in [6, 6.07) is 0.605. The van der Waals surface area contributed by atoms with Crippen molar-refractivity contribution in [3.63, 3.8) is 0 Å². The second-order valence-corrected chi connectivity index (χ2v) is 10.6. The molecule has 0 fully saturated rings. The van der Waals surface area contributed by atoms with Crippen molar-refractivity contribution in [1.82, 2.24) is 30.0 Å². The number of rotatable bonds is 8. The lowest BCUT2D eigenvalue weighted by Crippen LogP contribution is -2.39. The van der Waals surface area contributed by atoms with Crippen molar-refractivity contribution in [3.8, 4) is 11.5 Å². The standard InChI is InChI=1S/C28H39FN6O/c1-5-17(3)34(4)11-12-35-10-9-23-25(16-35)31-28(30-23)27-20-8-7-19(13-24(20)32-33-27)21-15-22(29)26(36)14-18(21)6-2/h7-8,14,17,19,21,36H,5-6,9-13,15-16H2,1-4H3,(H,30,31)(H,32,33). The van der Waals surface area contributed by atoms with Gasteiger partial charge in [0.25, 0.3) is 0 Å². The van der Waals surface area contributed by atoms with Crippen LogP contribution in [0.1, 0.15) is 62.7 Å². The fourth-order valence-electron chi connectivity index (χ4n) is 5.77. The first-order valence-electron chi connectivity index (χ1n) is 13.4. The Morgan fingerprint density at radius 2 is 2.11 bits per heavy atom. The number of halogens is 1. The number of nitrogens with one attached hydrogen (secondary N) is 2. The number of fused-ring (bicyclic) bond motifs is 2. The van der Waals surface area contributed by atoms with E-state index in [0.717, 1.165) is 79.5 Å². The third-order valence-corrected chi connectivity index (χ3v) is 8.48. The van der Waals surface area contributed by atoms with Gasteiger partial charge in [-0.3, -0.25) is 10.00 Å². The van der Waals surface area contributed by atoms with Crippen molar-refractivity contribution < 1.29 is 9.50 Å². The largest absolute Gasteiger partial charge is 0.505 e. The van der Waals surface area contributed by atoms with Crippen LogP contribution >= 0.6 is 0 Å². The first-order valence-corrected chi connectivity index (χ1v) is 13.4. The summed E-state index contributed by atoms with van der Waals surface area (Å²) < 4.78 is 14.2. The molecule has 36 heavy (non-hydrogen) atoms. The molecule has 7 nitrogen and oxygen atoms in total. The summed E-state index contributed by atoms with van der Waals surface area (Å²) >= 11 is 0. The number of aromatic nitrogens is 4. The van der Waals surface area contributed by atoms with Crippen LogP contribution in [0.2, 0.25) is 0 Å². The fourth-order valence-corrected chi connectivity index (χ4v) is 5.77. The number of allylic oxidation sites excluding steroid dienone is 4. The topological polar surface area (TPSA) is 84.1 Å². The number of hydrogen-bond acceptors (Lipinski definition) is 5. The smallest absolute Gasteiger partial charge is 0.159 e. The van der Waals surface area contributed by atoms with E-state index in [1.54, 1.807) is 6.08 Å². The van der Waals surface area contributed by atoms with Gasteiger partial charge < -0.3 is 15.0 Å². The third-order valence-electron chi connectivity index (χ3n) is 8.48. The Morgan fingerprint density at radius 1 is 1.28 bits per heavy atom. The first kappa shape index (κ1) is 25.0. The number of aliphatic hydroxyl groups excluding tert-OH is 1. The number of imidazole rings is 1. The van der Waals surface area contributed by atoms with Crippen molar-refractivity contribution >= 4 is 6.08 Å². The van der Waals surface area contributed by atoms with Crippen molar-refractivity contribution in [2.24, 2.45) is 11.8 Å². The van der Waals surface area contributed by atoms with Crippen LogP contribution in [0.25, 0.3) is 17.6 Å². The van der Waals surface area contributed by atoms with Gasteiger partial charge in [-0.1, -0.05) is 31.6 Å². The molecule has 2 aliphatic carbocycles. The number of nitrogens with zero attached hydrogens (tertiary/aromatic N) is 4. The minimum absolute atomic E-state index is 0.0586. The molecule has 2 aromatic rings. The van der Waals surface area contributed by atoms with Crippen LogP contribution in [0.4, 0.5) is 4.39 Å². The van der Waals surface area contributed by atoms with Crippen molar-refractivity contribution in [1.29, 1.82) is 0 Å². The maximum atomic E-state index is 14.2. The molecule has 8 heteroatoms. The second kappa shape index (κ2) is 10.3. The highest BCUT2D eigenvalue weighted by atomic mass is 19.1. The molecule has 3 unspecified atom stereocenters. The zero-order valence-corrected chi connectivity index (χ0v) is 21.9. The molecule has 1 aliphatic heterocycles. The summed E-state index contributed by atoms with van der Waals surface area (Å²) in [6.07, 6.45) is 9.86. The maximum absolute atomic E-state index is 14.2. The minimum Gasteiger partial charge on any atom is -0.505 e. The van der Waals surface area contributed by atoms with Gasteiger partial charge in [0.2, 0.25) is 0 Å². The lowest BCUT2D eigenvalue weighted by molar-refractivity contribution is 0.182. The van der Waals surface area contributed by atoms with Gasteiger partial charge in [0.1, 0.15) is 17.3 Å². The van der Waals surface area contributed by atoms with Crippen LogP contribution in [0, 0.1) is 11.8 Å². The Hall–Kier alpha value is -2.71. The summed E-state index contributed by atoms with van der Waals surface area (Å²) in [5.74, 6) is 0.426. The molecule has 0 aromatic carbocycles. The van der Waals surface area contributed by atoms with Crippen molar-refractivity contribution in [3.05, 3.63) is 52.0 Å². The van der Waals surface area contributed by atoms with Crippen LogP contribution in [0.5, 0.6) is 0 Å². The predicted octanol–water partition coefficient (Wildman–Crippen LogP) is 5.17. The molecular formula is C28H39FN6O. The van der Waals surface area contributed by atoms with Crippen molar-refractivity contribution in [2.75, 3.05) is 26.7 Å². The highest BCUT2D eigenvalue weighted by Gasteiger charge is 2.32. The molecule has 194 valence electrons. The fraction of sp³-hybridized carbons (Fsp3) is 0.571. The van der Waals surface area contributed by atoms with E-state index < -0.39 is 5.83 Å². The van der Waals surface area contributed by atoms with Gasteiger partial charge in [-0.25, -0.2) is 9.37 Å². The van der Waals surface area contributed by atoms with Crippen LogP contribution in [-0.4, -0.2) is 67.8 Å². The Balaban J connectivity index is 1.28. The third kappa shape index (κ3) is 4.81. The molecule has 3 heterocycles. The van der Waals surface area contributed by atoms with Gasteiger partial charge in [0.15, 0.2) is 5.82 Å². The van der Waals surface area contributed by atoms with E-state index in [1.807, 2.05) is 0 Å². The molecule has 0 radical (unpaired) electrons. The van der Waals surface area contributed by atoms with Gasteiger partial charge in [-0.15, -0.1) is 0 Å². The van der Waals surface area contributed by atoms with Crippen LogP contribution in [0.15, 0.2) is 29.3 Å². The van der Waals surface area contributed by atoms with E-state index in [1.165, 1.54) is 12.1 Å². The summed E-state index contributed by atoms with van der Waals surface area (Å²) in [5.41, 5.74) is 6.44. The normalized spacial score (nSPS) is 23.1. The minimum atomic E-state index is -0.413. The number of hydrogen-bond donors (Lipinski definition) is 3.